The van der Waals surface area contributed by atoms with Crippen molar-refractivity contribution < 1.29 is 18.3 Å². The Morgan fingerprint density at radius 3 is 2.95 bits per heavy atom. The van der Waals surface area contributed by atoms with Crippen molar-refractivity contribution in [1.29, 1.82) is 0 Å². The van der Waals surface area contributed by atoms with Crippen LogP contribution in [0.1, 0.15) is 26.2 Å². The summed E-state index contributed by atoms with van der Waals surface area (Å²) in [7, 11) is 0. The van der Waals surface area contributed by atoms with Crippen LogP contribution >= 0.6 is 0 Å². The Balaban J connectivity index is 2.01. The molecule has 0 saturated carbocycles. The SMILES string of the molecule is CCC1CC(Nc2ccccc2OC(F)F)CCO1. The van der Waals surface area contributed by atoms with Gasteiger partial charge in [-0.25, -0.2) is 0 Å². The summed E-state index contributed by atoms with van der Waals surface area (Å²) in [4.78, 5) is 0. The first kappa shape index (κ1) is 14.1. The second-order valence-corrected chi connectivity index (χ2v) is 4.64. The van der Waals surface area contributed by atoms with Gasteiger partial charge in [-0.05, 0) is 31.4 Å². The van der Waals surface area contributed by atoms with Crippen LogP contribution in [0.25, 0.3) is 0 Å². The summed E-state index contributed by atoms with van der Waals surface area (Å²) in [5.41, 5.74) is 0.615. The van der Waals surface area contributed by atoms with E-state index in [-0.39, 0.29) is 17.9 Å². The summed E-state index contributed by atoms with van der Waals surface area (Å²) in [6.07, 6.45) is 2.97. The van der Waals surface area contributed by atoms with Gasteiger partial charge in [0.1, 0.15) is 5.75 Å². The lowest BCUT2D eigenvalue weighted by Gasteiger charge is -2.30. The van der Waals surface area contributed by atoms with E-state index < -0.39 is 6.61 Å². The number of alkyl halides is 2. The Morgan fingerprint density at radius 1 is 1.42 bits per heavy atom. The Bertz CT molecular complexity index is 401. The molecule has 2 rings (SSSR count). The number of para-hydroxylation sites is 2. The number of nitrogens with one attached hydrogen (secondary N) is 1. The van der Waals surface area contributed by atoms with Crippen molar-refractivity contribution in [2.75, 3.05) is 11.9 Å². The summed E-state index contributed by atoms with van der Waals surface area (Å²) in [5, 5.41) is 3.28. The van der Waals surface area contributed by atoms with Crippen molar-refractivity contribution in [2.24, 2.45) is 0 Å². The van der Waals surface area contributed by atoms with E-state index in [2.05, 4.69) is 17.0 Å². The quantitative estimate of drug-likeness (QED) is 0.886. The maximum absolute atomic E-state index is 12.3. The molecule has 5 heteroatoms. The Morgan fingerprint density at radius 2 is 2.21 bits per heavy atom. The van der Waals surface area contributed by atoms with Crippen LogP contribution in [0.2, 0.25) is 0 Å². The second-order valence-electron chi connectivity index (χ2n) is 4.64. The maximum atomic E-state index is 12.3. The van der Waals surface area contributed by atoms with E-state index in [9.17, 15) is 8.78 Å². The number of hydrogen-bond acceptors (Lipinski definition) is 3. The van der Waals surface area contributed by atoms with Crippen molar-refractivity contribution in [2.45, 2.75) is 44.9 Å². The van der Waals surface area contributed by atoms with Gasteiger partial charge >= 0.3 is 6.61 Å². The third-order valence-electron chi connectivity index (χ3n) is 3.29. The van der Waals surface area contributed by atoms with Crippen molar-refractivity contribution >= 4 is 5.69 Å². The summed E-state index contributed by atoms with van der Waals surface area (Å²) < 4.78 is 34.8. The molecule has 1 saturated heterocycles. The average molecular weight is 271 g/mol. The topological polar surface area (TPSA) is 30.5 Å². The van der Waals surface area contributed by atoms with Crippen molar-refractivity contribution in [3.63, 3.8) is 0 Å². The van der Waals surface area contributed by atoms with Crippen LogP contribution in [-0.4, -0.2) is 25.4 Å². The molecule has 1 fully saturated rings. The predicted octanol–water partition coefficient (Wildman–Crippen LogP) is 3.66. The minimum absolute atomic E-state index is 0.192. The van der Waals surface area contributed by atoms with Crippen LogP contribution in [-0.2, 0) is 4.74 Å². The third-order valence-corrected chi connectivity index (χ3v) is 3.29. The van der Waals surface area contributed by atoms with Gasteiger partial charge in [0.2, 0.25) is 0 Å². The molecule has 0 bridgehead atoms. The minimum Gasteiger partial charge on any atom is -0.433 e. The Hall–Kier alpha value is -1.36. The standard InChI is InChI=1S/C14H19F2NO2/c1-2-11-9-10(7-8-18-11)17-12-5-3-4-6-13(12)19-14(15)16/h3-6,10-11,14,17H,2,7-9H2,1H3. The number of benzene rings is 1. The van der Waals surface area contributed by atoms with Crippen LogP contribution in [0.4, 0.5) is 14.5 Å². The molecule has 1 aromatic carbocycles. The first-order valence-corrected chi connectivity index (χ1v) is 6.61. The highest BCUT2D eigenvalue weighted by molar-refractivity contribution is 5.56. The average Bonchev–Trinajstić information content (AvgIpc) is 2.41. The van der Waals surface area contributed by atoms with Gasteiger partial charge < -0.3 is 14.8 Å². The molecule has 106 valence electrons. The fourth-order valence-electron chi connectivity index (χ4n) is 2.30. The van der Waals surface area contributed by atoms with Crippen LogP contribution in [0.5, 0.6) is 5.75 Å². The van der Waals surface area contributed by atoms with Gasteiger partial charge in [0, 0.05) is 12.6 Å². The molecule has 1 heterocycles. The zero-order valence-corrected chi connectivity index (χ0v) is 10.9. The number of halogens is 2. The summed E-state index contributed by atoms with van der Waals surface area (Å²) in [6.45, 7) is -0.0180. The minimum atomic E-state index is -2.80. The highest BCUT2D eigenvalue weighted by atomic mass is 19.3. The second kappa shape index (κ2) is 6.70. The van der Waals surface area contributed by atoms with Gasteiger partial charge in [0.25, 0.3) is 0 Å². The lowest BCUT2D eigenvalue weighted by molar-refractivity contribution is -0.0494. The number of ether oxygens (including phenoxy) is 2. The molecule has 19 heavy (non-hydrogen) atoms. The lowest BCUT2D eigenvalue weighted by atomic mass is 10.0. The molecule has 2 atom stereocenters. The van der Waals surface area contributed by atoms with Gasteiger partial charge in [-0.2, -0.15) is 8.78 Å². The van der Waals surface area contributed by atoms with E-state index in [1.807, 2.05) is 0 Å². The van der Waals surface area contributed by atoms with Gasteiger partial charge in [0.05, 0.1) is 11.8 Å². The monoisotopic (exact) mass is 271 g/mol. The number of anilines is 1. The maximum Gasteiger partial charge on any atom is 0.387 e. The van der Waals surface area contributed by atoms with E-state index in [0.717, 1.165) is 19.3 Å². The lowest BCUT2D eigenvalue weighted by Crippen LogP contribution is -2.33. The smallest absolute Gasteiger partial charge is 0.387 e. The first-order chi connectivity index (χ1) is 9.19. The summed E-state index contributed by atoms with van der Waals surface area (Å²) in [6, 6.07) is 7.03. The molecular weight excluding hydrogens is 252 g/mol. The molecule has 0 radical (unpaired) electrons. The molecular formula is C14H19F2NO2. The van der Waals surface area contributed by atoms with E-state index in [4.69, 9.17) is 4.74 Å². The molecule has 0 spiro atoms. The molecule has 0 aromatic heterocycles. The molecule has 2 unspecified atom stereocenters. The molecule has 1 aromatic rings. The van der Waals surface area contributed by atoms with Crippen LogP contribution < -0.4 is 10.1 Å². The molecule has 0 amide bonds. The highest BCUT2D eigenvalue weighted by Crippen LogP contribution is 2.28. The number of rotatable bonds is 5. The van der Waals surface area contributed by atoms with Crippen LogP contribution in [0.15, 0.2) is 24.3 Å². The van der Waals surface area contributed by atoms with Crippen molar-refractivity contribution in [1.82, 2.24) is 0 Å². The van der Waals surface area contributed by atoms with Gasteiger partial charge in [0.15, 0.2) is 0 Å². The first-order valence-electron chi connectivity index (χ1n) is 6.61. The van der Waals surface area contributed by atoms with Gasteiger partial charge in [-0.1, -0.05) is 19.1 Å². The fourth-order valence-corrected chi connectivity index (χ4v) is 2.30. The fraction of sp³-hybridized carbons (Fsp3) is 0.571. The highest BCUT2D eigenvalue weighted by Gasteiger charge is 2.22. The zero-order chi connectivity index (χ0) is 13.7. The Labute approximate surface area is 111 Å². The van der Waals surface area contributed by atoms with Gasteiger partial charge in [-0.15, -0.1) is 0 Å². The van der Waals surface area contributed by atoms with Crippen LogP contribution in [0, 0.1) is 0 Å². The van der Waals surface area contributed by atoms with Crippen molar-refractivity contribution in [3.05, 3.63) is 24.3 Å². The van der Waals surface area contributed by atoms with Gasteiger partial charge in [-0.3, -0.25) is 0 Å². The summed E-state index contributed by atoms with van der Waals surface area (Å²) in [5.74, 6) is 0.192. The summed E-state index contributed by atoms with van der Waals surface area (Å²) >= 11 is 0. The molecule has 1 aliphatic rings. The van der Waals surface area contributed by atoms with Crippen molar-refractivity contribution in [3.8, 4) is 5.75 Å². The normalized spacial score (nSPS) is 23.4. The third kappa shape index (κ3) is 4.06. The molecule has 3 nitrogen and oxygen atoms in total. The molecule has 1 N–H and O–H groups in total. The number of hydrogen-bond donors (Lipinski definition) is 1. The van der Waals surface area contributed by atoms with Crippen LogP contribution in [0.3, 0.4) is 0 Å². The molecule has 0 aliphatic carbocycles. The largest absolute Gasteiger partial charge is 0.433 e. The predicted molar refractivity (Wildman–Crippen MR) is 69.7 cm³/mol. The zero-order valence-electron chi connectivity index (χ0n) is 10.9. The van der Waals surface area contributed by atoms with E-state index in [1.165, 1.54) is 0 Å². The Kier molecular flexibility index (Phi) is 4.96. The molecule has 1 aliphatic heterocycles. The van der Waals surface area contributed by atoms with E-state index >= 15 is 0 Å². The van der Waals surface area contributed by atoms with E-state index in [0.29, 0.717) is 12.3 Å². The van der Waals surface area contributed by atoms with E-state index in [1.54, 1.807) is 24.3 Å².